The molecule has 1 N–H and O–H groups in total. The number of carbonyl (C=O) groups excluding carboxylic acids is 1. The number of Topliss-reactive ketones (excluding diaryl/α,β-unsaturated/α-hetero) is 1. The SMILES string of the molecule is CCCCCCNc1ncccc1C(=O)CCCC. The lowest BCUT2D eigenvalue weighted by Crippen LogP contribution is -2.09. The molecule has 1 rings (SSSR count). The maximum Gasteiger partial charge on any atom is 0.166 e. The van der Waals surface area contributed by atoms with E-state index in [1.165, 1.54) is 19.3 Å². The summed E-state index contributed by atoms with van der Waals surface area (Å²) in [4.78, 5) is 16.4. The van der Waals surface area contributed by atoms with Crippen molar-refractivity contribution in [2.45, 2.75) is 58.8 Å². The number of anilines is 1. The number of nitrogens with one attached hydrogen (secondary N) is 1. The highest BCUT2D eigenvalue weighted by molar-refractivity contribution is 6.00. The number of pyridine rings is 1. The van der Waals surface area contributed by atoms with E-state index in [0.29, 0.717) is 6.42 Å². The molecule has 0 saturated heterocycles. The number of ketones is 1. The Morgan fingerprint density at radius 1 is 1.16 bits per heavy atom. The van der Waals surface area contributed by atoms with Gasteiger partial charge in [-0.2, -0.15) is 0 Å². The Hall–Kier alpha value is -1.38. The molecule has 1 aromatic rings. The van der Waals surface area contributed by atoms with E-state index < -0.39 is 0 Å². The van der Waals surface area contributed by atoms with Gasteiger partial charge in [-0.15, -0.1) is 0 Å². The molecule has 0 amide bonds. The third kappa shape index (κ3) is 5.86. The van der Waals surface area contributed by atoms with Crippen molar-refractivity contribution in [3.05, 3.63) is 23.9 Å². The summed E-state index contributed by atoms with van der Waals surface area (Å²) in [5.74, 6) is 0.950. The zero-order chi connectivity index (χ0) is 13.9. The summed E-state index contributed by atoms with van der Waals surface area (Å²) in [5.41, 5.74) is 0.742. The second-order valence-corrected chi connectivity index (χ2v) is 4.91. The van der Waals surface area contributed by atoms with Gasteiger partial charge in [0.15, 0.2) is 5.78 Å². The molecule has 0 fully saturated rings. The normalized spacial score (nSPS) is 10.4. The van der Waals surface area contributed by atoms with E-state index in [1.807, 2.05) is 12.1 Å². The fourth-order valence-corrected chi connectivity index (χ4v) is 2.00. The largest absolute Gasteiger partial charge is 0.369 e. The highest BCUT2D eigenvalue weighted by atomic mass is 16.1. The lowest BCUT2D eigenvalue weighted by atomic mass is 10.1. The second-order valence-electron chi connectivity index (χ2n) is 4.91. The van der Waals surface area contributed by atoms with Crippen LogP contribution in [0.1, 0.15) is 69.2 Å². The molecule has 3 heteroatoms. The predicted molar refractivity (Wildman–Crippen MR) is 80.7 cm³/mol. The Morgan fingerprint density at radius 3 is 2.68 bits per heavy atom. The number of hydrogen-bond donors (Lipinski definition) is 1. The molecular weight excluding hydrogens is 236 g/mol. The first kappa shape index (κ1) is 15.7. The molecule has 0 bridgehead atoms. The van der Waals surface area contributed by atoms with E-state index in [-0.39, 0.29) is 5.78 Å². The molecule has 1 heterocycles. The van der Waals surface area contributed by atoms with Crippen LogP contribution in [0.5, 0.6) is 0 Å². The zero-order valence-corrected chi connectivity index (χ0v) is 12.2. The van der Waals surface area contributed by atoms with Crippen molar-refractivity contribution in [1.82, 2.24) is 4.98 Å². The molecule has 0 saturated carbocycles. The van der Waals surface area contributed by atoms with Gasteiger partial charge in [-0.3, -0.25) is 4.79 Å². The first-order chi connectivity index (χ1) is 9.29. The summed E-state index contributed by atoms with van der Waals surface area (Å²) >= 11 is 0. The molecule has 19 heavy (non-hydrogen) atoms. The monoisotopic (exact) mass is 262 g/mol. The van der Waals surface area contributed by atoms with Gasteiger partial charge in [0.2, 0.25) is 0 Å². The molecule has 0 unspecified atom stereocenters. The van der Waals surface area contributed by atoms with E-state index in [2.05, 4.69) is 24.1 Å². The predicted octanol–water partition coefficient (Wildman–Crippen LogP) is 4.45. The molecule has 0 radical (unpaired) electrons. The molecule has 106 valence electrons. The van der Waals surface area contributed by atoms with Crippen LogP contribution in [0.3, 0.4) is 0 Å². The van der Waals surface area contributed by atoms with Crippen molar-refractivity contribution in [3.63, 3.8) is 0 Å². The maximum absolute atomic E-state index is 12.1. The minimum absolute atomic E-state index is 0.200. The maximum atomic E-state index is 12.1. The van der Waals surface area contributed by atoms with Crippen molar-refractivity contribution in [3.8, 4) is 0 Å². The molecule has 3 nitrogen and oxygen atoms in total. The third-order valence-corrected chi connectivity index (χ3v) is 3.19. The summed E-state index contributed by atoms with van der Waals surface area (Å²) in [5, 5.41) is 3.30. The Kier molecular flexibility index (Phi) is 7.87. The third-order valence-electron chi connectivity index (χ3n) is 3.19. The van der Waals surface area contributed by atoms with Gasteiger partial charge in [-0.1, -0.05) is 39.5 Å². The first-order valence-corrected chi connectivity index (χ1v) is 7.51. The van der Waals surface area contributed by atoms with Crippen molar-refractivity contribution >= 4 is 11.6 Å². The van der Waals surface area contributed by atoms with Gasteiger partial charge in [-0.25, -0.2) is 4.98 Å². The van der Waals surface area contributed by atoms with Crippen LogP contribution in [-0.4, -0.2) is 17.3 Å². The summed E-state index contributed by atoms with van der Waals surface area (Å²) in [6, 6.07) is 3.71. The van der Waals surface area contributed by atoms with Crippen LogP contribution in [0.15, 0.2) is 18.3 Å². The fourth-order valence-electron chi connectivity index (χ4n) is 2.00. The standard InChI is InChI=1S/C16H26N2O/c1-3-5-7-8-12-17-16-14(10-9-13-18-16)15(19)11-6-4-2/h9-10,13H,3-8,11-12H2,1-2H3,(H,17,18). The van der Waals surface area contributed by atoms with E-state index >= 15 is 0 Å². The van der Waals surface area contributed by atoms with Gasteiger partial charge in [0.25, 0.3) is 0 Å². The molecule has 0 aliphatic carbocycles. The van der Waals surface area contributed by atoms with Crippen LogP contribution in [0.4, 0.5) is 5.82 Å². The van der Waals surface area contributed by atoms with Crippen LogP contribution in [-0.2, 0) is 0 Å². The van der Waals surface area contributed by atoms with Crippen LogP contribution in [0.25, 0.3) is 0 Å². The van der Waals surface area contributed by atoms with Crippen molar-refractivity contribution < 1.29 is 4.79 Å². The van der Waals surface area contributed by atoms with E-state index in [1.54, 1.807) is 6.20 Å². The van der Waals surface area contributed by atoms with Gasteiger partial charge in [0, 0.05) is 19.2 Å². The van der Waals surface area contributed by atoms with E-state index in [9.17, 15) is 4.79 Å². The Morgan fingerprint density at radius 2 is 1.95 bits per heavy atom. The topological polar surface area (TPSA) is 42.0 Å². The Balaban J connectivity index is 2.50. The molecule has 0 atom stereocenters. The zero-order valence-electron chi connectivity index (χ0n) is 12.2. The lowest BCUT2D eigenvalue weighted by molar-refractivity contribution is 0.0980. The molecule has 0 aliphatic heterocycles. The first-order valence-electron chi connectivity index (χ1n) is 7.51. The number of hydrogen-bond acceptors (Lipinski definition) is 3. The minimum atomic E-state index is 0.200. The average Bonchev–Trinajstić information content (AvgIpc) is 2.45. The Bertz CT molecular complexity index is 377. The smallest absolute Gasteiger partial charge is 0.166 e. The van der Waals surface area contributed by atoms with Crippen LogP contribution < -0.4 is 5.32 Å². The summed E-state index contributed by atoms with van der Waals surface area (Å²) < 4.78 is 0. The summed E-state index contributed by atoms with van der Waals surface area (Å²) in [7, 11) is 0. The van der Waals surface area contributed by atoms with Crippen molar-refractivity contribution in [1.29, 1.82) is 0 Å². The molecular formula is C16H26N2O. The molecule has 1 aromatic heterocycles. The van der Waals surface area contributed by atoms with Gasteiger partial charge in [0.1, 0.15) is 5.82 Å². The number of carbonyl (C=O) groups is 1. The average molecular weight is 262 g/mol. The quantitative estimate of drug-likeness (QED) is 0.500. The molecule has 0 aromatic carbocycles. The number of nitrogens with zero attached hydrogens (tertiary/aromatic N) is 1. The Labute approximate surface area is 116 Å². The summed E-state index contributed by atoms with van der Waals surface area (Å²) in [6.07, 6.45) is 9.23. The van der Waals surface area contributed by atoms with E-state index in [0.717, 1.165) is 37.2 Å². The number of aromatic nitrogens is 1. The summed E-state index contributed by atoms with van der Waals surface area (Å²) in [6.45, 7) is 5.20. The van der Waals surface area contributed by atoms with Gasteiger partial charge >= 0.3 is 0 Å². The molecule has 0 aliphatic rings. The fraction of sp³-hybridized carbons (Fsp3) is 0.625. The van der Waals surface area contributed by atoms with Gasteiger partial charge in [0.05, 0.1) is 5.56 Å². The van der Waals surface area contributed by atoms with Crippen molar-refractivity contribution in [2.75, 3.05) is 11.9 Å². The van der Waals surface area contributed by atoms with Crippen molar-refractivity contribution in [2.24, 2.45) is 0 Å². The van der Waals surface area contributed by atoms with E-state index in [4.69, 9.17) is 0 Å². The number of rotatable bonds is 10. The van der Waals surface area contributed by atoms with Crippen LogP contribution in [0, 0.1) is 0 Å². The van der Waals surface area contributed by atoms with Crippen LogP contribution in [0.2, 0.25) is 0 Å². The lowest BCUT2D eigenvalue weighted by Gasteiger charge is -2.09. The highest BCUT2D eigenvalue weighted by Gasteiger charge is 2.10. The highest BCUT2D eigenvalue weighted by Crippen LogP contribution is 2.15. The van der Waals surface area contributed by atoms with Crippen LogP contribution >= 0.6 is 0 Å². The molecule has 0 spiro atoms. The minimum Gasteiger partial charge on any atom is -0.369 e. The van der Waals surface area contributed by atoms with Gasteiger partial charge in [-0.05, 0) is 25.0 Å². The second kappa shape index (κ2) is 9.54. The van der Waals surface area contributed by atoms with Gasteiger partial charge < -0.3 is 5.32 Å². The number of unbranched alkanes of at least 4 members (excludes halogenated alkanes) is 4.